The number of fused-ring (bicyclic) bond motifs is 3. The third-order valence-corrected chi connectivity index (χ3v) is 7.95. The van der Waals surface area contributed by atoms with Crippen molar-refractivity contribution in [2.75, 3.05) is 31.1 Å². The maximum absolute atomic E-state index is 13.7. The van der Waals surface area contributed by atoms with Crippen LogP contribution < -0.4 is 4.90 Å². The van der Waals surface area contributed by atoms with E-state index in [9.17, 15) is 9.18 Å². The van der Waals surface area contributed by atoms with E-state index in [1.165, 1.54) is 42.1 Å². The van der Waals surface area contributed by atoms with Gasteiger partial charge in [0.05, 0.1) is 31.9 Å². The summed E-state index contributed by atoms with van der Waals surface area (Å²) in [7, 11) is 0. The summed E-state index contributed by atoms with van der Waals surface area (Å²) in [5.41, 5.74) is 2.91. The maximum atomic E-state index is 13.7. The molecular weight excluding hydrogens is 435 g/mol. The number of rotatable bonds is 7. The smallest absolute Gasteiger partial charge is 0.415 e. The Hall–Kier alpha value is -2.70. The zero-order valence-corrected chi connectivity index (χ0v) is 19.6. The van der Waals surface area contributed by atoms with Gasteiger partial charge in [-0.1, -0.05) is 42.5 Å². The number of nitrogens with zero attached hydrogens (tertiary/aromatic N) is 2. The lowest BCUT2D eigenvalue weighted by molar-refractivity contribution is -0.945. The second kappa shape index (κ2) is 9.65. The van der Waals surface area contributed by atoms with Gasteiger partial charge in [-0.25, -0.2) is 9.18 Å². The Kier molecular flexibility index (Phi) is 6.47. The van der Waals surface area contributed by atoms with Crippen molar-refractivity contribution in [2.45, 2.75) is 31.9 Å². The number of anilines is 1. The van der Waals surface area contributed by atoms with Crippen LogP contribution in [-0.2, 0) is 17.7 Å². The quantitative estimate of drug-likeness (QED) is 0.408. The number of quaternary nitrogens is 1. The maximum Gasteiger partial charge on any atom is 0.415 e. The highest BCUT2D eigenvalue weighted by molar-refractivity contribution is 7.08. The number of thiophene rings is 1. The molecule has 4 heterocycles. The average Bonchev–Trinajstić information content (AvgIpc) is 3.37. The fourth-order valence-electron chi connectivity index (χ4n) is 5.36. The SMILES string of the molecule is O=C(O[C@H]1C[N+]2(CCc3ccccc3)CCC1CC2)N(Cc1cccc(F)c1)c1ccsc1. The Bertz CT molecular complexity index is 1060. The van der Waals surface area contributed by atoms with Crippen LogP contribution in [-0.4, -0.2) is 42.9 Å². The number of amides is 1. The van der Waals surface area contributed by atoms with Crippen LogP contribution in [0.25, 0.3) is 0 Å². The number of hydrogen-bond donors (Lipinski definition) is 0. The lowest BCUT2D eigenvalue weighted by Crippen LogP contribution is -2.65. The standard InChI is InChI=1S/C27H30FN2O2S/c28-24-8-4-7-22(17-24)18-29(25-12-16-33-20-25)27(31)32-26-19-30(14-10-23(26)11-15-30)13-9-21-5-2-1-3-6-21/h1-8,12,16-17,20,23,26H,9-11,13-15,18-19H2/q+1/t23?,26-,30?/m0/s1. The minimum absolute atomic E-state index is 0.0654. The number of hydrogen-bond acceptors (Lipinski definition) is 3. The minimum Gasteiger partial charge on any atom is -0.440 e. The van der Waals surface area contributed by atoms with Gasteiger partial charge in [-0.3, -0.25) is 4.90 Å². The molecule has 2 aromatic carbocycles. The van der Waals surface area contributed by atoms with Crippen LogP contribution in [0.4, 0.5) is 14.9 Å². The van der Waals surface area contributed by atoms with Crippen LogP contribution in [0.1, 0.15) is 24.0 Å². The number of carbonyl (C=O) groups is 1. The fourth-order valence-corrected chi connectivity index (χ4v) is 6.00. The van der Waals surface area contributed by atoms with Gasteiger partial charge in [0.25, 0.3) is 0 Å². The van der Waals surface area contributed by atoms with Crippen molar-refractivity contribution in [3.63, 3.8) is 0 Å². The molecule has 6 heteroatoms. The van der Waals surface area contributed by atoms with Crippen molar-refractivity contribution in [1.29, 1.82) is 0 Å². The molecule has 3 aliphatic rings. The van der Waals surface area contributed by atoms with E-state index < -0.39 is 0 Å². The van der Waals surface area contributed by atoms with E-state index in [1.54, 1.807) is 11.0 Å². The molecule has 3 aliphatic heterocycles. The van der Waals surface area contributed by atoms with E-state index in [2.05, 4.69) is 30.3 Å². The van der Waals surface area contributed by atoms with Crippen LogP contribution in [0, 0.1) is 11.7 Å². The largest absolute Gasteiger partial charge is 0.440 e. The topological polar surface area (TPSA) is 29.5 Å². The first-order valence-electron chi connectivity index (χ1n) is 11.7. The normalized spacial score (nSPS) is 23.9. The summed E-state index contributed by atoms with van der Waals surface area (Å²) in [6.45, 7) is 4.61. The van der Waals surface area contributed by atoms with E-state index in [0.29, 0.717) is 12.5 Å². The highest BCUT2D eigenvalue weighted by atomic mass is 32.1. The lowest BCUT2D eigenvalue weighted by atomic mass is 9.83. The molecule has 6 rings (SSSR count). The van der Waals surface area contributed by atoms with Gasteiger partial charge in [-0.05, 0) is 34.7 Å². The summed E-state index contributed by atoms with van der Waals surface area (Å²) >= 11 is 1.53. The molecule has 3 fully saturated rings. The van der Waals surface area contributed by atoms with Crippen molar-refractivity contribution >= 4 is 23.1 Å². The number of benzene rings is 2. The third kappa shape index (κ3) is 5.12. The molecule has 0 N–H and O–H groups in total. The van der Waals surface area contributed by atoms with Crippen LogP contribution in [0.15, 0.2) is 71.4 Å². The first-order valence-corrected chi connectivity index (χ1v) is 12.7. The Balaban J connectivity index is 1.28. The van der Waals surface area contributed by atoms with Crippen LogP contribution >= 0.6 is 11.3 Å². The van der Waals surface area contributed by atoms with Gasteiger partial charge < -0.3 is 9.22 Å². The molecular formula is C27H30FN2O2S+. The number of carbonyl (C=O) groups excluding carboxylic acids is 1. The zero-order chi connectivity index (χ0) is 22.7. The molecule has 1 atom stereocenters. The highest BCUT2D eigenvalue weighted by Gasteiger charge is 2.47. The molecule has 0 radical (unpaired) electrons. The highest BCUT2D eigenvalue weighted by Crippen LogP contribution is 2.36. The molecule has 172 valence electrons. The van der Waals surface area contributed by atoms with Gasteiger partial charge in [0.1, 0.15) is 12.4 Å². The van der Waals surface area contributed by atoms with Crippen molar-refractivity contribution in [3.05, 3.63) is 88.4 Å². The van der Waals surface area contributed by atoms with Gasteiger partial charge in [0, 0.05) is 30.6 Å². The van der Waals surface area contributed by atoms with E-state index >= 15 is 0 Å². The number of piperidine rings is 3. The predicted molar refractivity (Wildman–Crippen MR) is 130 cm³/mol. The summed E-state index contributed by atoms with van der Waals surface area (Å²) in [6, 6.07) is 19.0. The molecule has 1 amide bonds. The monoisotopic (exact) mass is 465 g/mol. The molecule has 2 bridgehead atoms. The molecule has 3 aromatic rings. The number of halogens is 1. The molecule has 1 aromatic heterocycles. The minimum atomic E-state index is -0.336. The summed E-state index contributed by atoms with van der Waals surface area (Å²) in [4.78, 5) is 15.0. The van der Waals surface area contributed by atoms with Crippen LogP contribution in [0.5, 0.6) is 0 Å². The van der Waals surface area contributed by atoms with Crippen molar-refractivity contribution in [2.24, 2.45) is 5.92 Å². The van der Waals surface area contributed by atoms with Gasteiger partial charge >= 0.3 is 6.09 Å². The van der Waals surface area contributed by atoms with Crippen molar-refractivity contribution in [3.8, 4) is 0 Å². The van der Waals surface area contributed by atoms with Gasteiger partial charge in [-0.15, -0.1) is 0 Å². The molecule has 4 nitrogen and oxygen atoms in total. The fraction of sp³-hybridized carbons (Fsp3) is 0.370. The molecule has 0 saturated carbocycles. The number of ether oxygens (including phenoxy) is 1. The van der Waals surface area contributed by atoms with Gasteiger partial charge in [-0.2, -0.15) is 11.3 Å². The summed E-state index contributed by atoms with van der Waals surface area (Å²) in [6.07, 6.45) is 2.86. The zero-order valence-electron chi connectivity index (χ0n) is 18.7. The lowest BCUT2D eigenvalue weighted by Gasteiger charge is -2.52. The third-order valence-electron chi connectivity index (χ3n) is 7.28. The Morgan fingerprint density at radius 1 is 1.06 bits per heavy atom. The second-order valence-corrected chi connectivity index (χ2v) is 10.2. The molecule has 0 aliphatic carbocycles. The predicted octanol–water partition coefficient (Wildman–Crippen LogP) is 5.88. The van der Waals surface area contributed by atoms with Crippen LogP contribution in [0.2, 0.25) is 0 Å². The Labute approximate surface area is 198 Å². The van der Waals surface area contributed by atoms with E-state index in [1.807, 2.05) is 22.9 Å². The summed E-state index contributed by atoms with van der Waals surface area (Å²) in [5, 5.41) is 3.88. The Morgan fingerprint density at radius 3 is 2.58 bits per heavy atom. The van der Waals surface area contributed by atoms with Gasteiger partial charge in [0.15, 0.2) is 6.10 Å². The first-order chi connectivity index (χ1) is 16.1. The van der Waals surface area contributed by atoms with Crippen molar-refractivity contribution in [1.82, 2.24) is 0 Å². The van der Waals surface area contributed by atoms with Crippen LogP contribution in [0.3, 0.4) is 0 Å². The van der Waals surface area contributed by atoms with E-state index in [-0.39, 0.29) is 18.0 Å². The van der Waals surface area contributed by atoms with Crippen molar-refractivity contribution < 1.29 is 18.4 Å². The van der Waals surface area contributed by atoms with E-state index in [0.717, 1.165) is 48.1 Å². The molecule has 0 unspecified atom stereocenters. The molecule has 0 spiro atoms. The first kappa shape index (κ1) is 22.1. The molecule has 33 heavy (non-hydrogen) atoms. The summed E-state index contributed by atoms with van der Waals surface area (Å²) in [5.74, 6) is 0.137. The van der Waals surface area contributed by atoms with E-state index in [4.69, 9.17) is 4.74 Å². The summed E-state index contributed by atoms with van der Waals surface area (Å²) < 4.78 is 20.9. The molecule has 3 saturated heterocycles. The van der Waals surface area contributed by atoms with Gasteiger partial charge in [0.2, 0.25) is 0 Å². The second-order valence-electron chi connectivity index (χ2n) is 9.39. The Morgan fingerprint density at radius 2 is 1.85 bits per heavy atom. The average molecular weight is 466 g/mol.